The molecule has 0 aromatic carbocycles. The number of esters is 1. The third-order valence-electron chi connectivity index (χ3n) is 2.66. The van der Waals surface area contributed by atoms with Crippen LogP contribution in [0.1, 0.15) is 30.1 Å². The largest absolute Gasteiger partial charge is 0.459 e. The molecular weight excluding hydrogens is 225 g/mol. The minimum Gasteiger partial charge on any atom is -0.459 e. The number of carbonyl (C=O) groups is 1. The summed E-state index contributed by atoms with van der Waals surface area (Å²) in [5.74, 6) is -1.12. The van der Waals surface area contributed by atoms with Crippen molar-refractivity contribution in [1.82, 2.24) is 4.98 Å². The number of hydrogen-bond acceptors (Lipinski definition) is 4. The van der Waals surface area contributed by atoms with Crippen LogP contribution in [0, 0.1) is 5.82 Å². The van der Waals surface area contributed by atoms with Crippen LogP contribution in [-0.2, 0) is 9.47 Å². The highest BCUT2D eigenvalue weighted by molar-refractivity contribution is 5.88. The summed E-state index contributed by atoms with van der Waals surface area (Å²) in [4.78, 5) is 15.1. The van der Waals surface area contributed by atoms with Gasteiger partial charge >= 0.3 is 5.97 Å². The molecule has 1 aliphatic rings. The molecule has 0 bridgehead atoms. The van der Waals surface area contributed by atoms with Crippen molar-refractivity contribution in [2.75, 3.05) is 6.61 Å². The molecule has 1 aromatic heterocycles. The Morgan fingerprint density at radius 3 is 3.06 bits per heavy atom. The molecule has 2 heterocycles. The Morgan fingerprint density at radius 2 is 2.41 bits per heavy atom. The molecule has 0 N–H and O–H groups in total. The lowest BCUT2D eigenvalue weighted by molar-refractivity contribution is -0.00270. The van der Waals surface area contributed by atoms with Crippen molar-refractivity contribution in [3.63, 3.8) is 0 Å². The van der Waals surface area contributed by atoms with E-state index < -0.39 is 11.8 Å². The highest BCUT2D eigenvalue weighted by Gasteiger charge is 2.23. The Balaban J connectivity index is 1.85. The maximum absolute atomic E-state index is 12.8. The summed E-state index contributed by atoms with van der Waals surface area (Å²) in [5.41, 5.74) is 0.121. The van der Waals surface area contributed by atoms with Gasteiger partial charge in [0.15, 0.2) is 0 Å². The summed E-state index contributed by atoms with van der Waals surface area (Å²) < 4.78 is 23.4. The number of nitrogens with zero attached hydrogens (tertiary/aromatic N) is 1. The van der Waals surface area contributed by atoms with Gasteiger partial charge in [0.05, 0.1) is 24.0 Å². The fraction of sp³-hybridized carbons (Fsp3) is 0.500. The van der Waals surface area contributed by atoms with Gasteiger partial charge in [0.25, 0.3) is 0 Å². The molecule has 2 rings (SSSR count). The molecule has 1 saturated heterocycles. The van der Waals surface area contributed by atoms with Crippen molar-refractivity contribution in [1.29, 1.82) is 0 Å². The first kappa shape index (κ1) is 12.0. The lowest BCUT2D eigenvalue weighted by atomic mass is 10.2. The predicted octanol–water partition coefficient (Wildman–Crippen LogP) is 1.95. The summed E-state index contributed by atoms with van der Waals surface area (Å²) in [6, 6.07) is 1.10. The van der Waals surface area contributed by atoms with Gasteiger partial charge in [-0.25, -0.2) is 9.18 Å². The maximum atomic E-state index is 12.8. The third-order valence-corrected chi connectivity index (χ3v) is 2.66. The van der Waals surface area contributed by atoms with E-state index in [-0.39, 0.29) is 24.4 Å². The third kappa shape index (κ3) is 3.23. The van der Waals surface area contributed by atoms with Crippen LogP contribution in [0.4, 0.5) is 4.39 Å². The van der Waals surface area contributed by atoms with E-state index in [1.807, 2.05) is 6.92 Å². The number of ether oxygens (including phenoxy) is 2. The normalized spacial score (nSPS) is 23.6. The predicted molar refractivity (Wildman–Crippen MR) is 58.0 cm³/mol. The zero-order valence-corrected chi connectivity index (χ0v) is 9.56. The SMILES string of the molecule is CC1CCC(COC(=O)c2cncc(F)c2)O1. The smallest absolute Gasteiger partial charge is 0.339 e. The van der Waals surface area contributed by atoms with Crippen molar-refractivity contribution in [3.8, 4) is 0 Å². The van der Waals surface area contributed by atoms with Gasteiger partial charge in [-0.1, -0.05) is 0 Å². The summed E-state index contributed by atoms with van der Waals surface area (Å²) in [7, 11) is 0. The molecule has 92 valence electrons. The first-order valence-electron chi connectivity index (χ1n) is 5.58. The van der Waals surface area contributed by atoms with Gasteiger partial charge < -0.3 is 9.47 Å². The zero-order chi connectivity index (χ0) is 12.3. The van der Waals surface area contributed by atoms with E-state index in [9.17, 15) is 9.18 Å². The maximum Gasteiger partial charge on any atom is 0.339 e. The highest BCUT2D eigenvalue weighted by Crippen LogP contribution is 2.19. The second-order valence-electron chi connectivity index (χ2n) is 4.14. The molecule has 1 aromatic rings. The van der Waals surface area contributed by atoms with E-state index in [0.29, 0.717) is 0 Å². The van der Waals surface area contributed by atoms with Crippen molar-refractivity contribution >= 4 is 5.97 Å². The van der Waals surface area contributed by atoms with E-state index in [1.54, 1.807) is 0 Å². The fourth-order valence-corrected chi connectivity index (χ4v) is 1.78. The van der Waals surface area contributed by atoms with Gasteiger partial charge in [0.1, 0.15) is 12.4 Å². The molecule has 0 radical (unpaired) electrons. The van der Waals surface area contributed by atoms with Gasteiger partial charge in [0.2, 0.25) is 0 Å². The average molecular weight is 239 g/mol. The van der Waals surface area contributed by atoms with Gasteiger partial charge in [0, 0.05) is 6.20 Å². The first-order chi connectivity index (χ1) is 8.15. The van der Waals surface area contributed by atoms with E-state index in [2.05, 4.69) is 4.98 Å². The standard InChI is InChI=1S/C12H14FNO3/c1-8-2-3-11(17-8)7-16-12(15)9-4-10(13)6-14-5-9/h4-6,8,11H,2-3,7H2,1H3. The second-order valence-corrected chi connectivity index (χ2v) is 4.14. The van der Waals surface area contributed by atoms with Crippen LogP contribution >= 0.6 is 0 Å². The van der Waals surface area contributed by atoms with Gasteiger partial charge in [-0.2, -0.15) is 0 Å². The summed E-state index contributed by atoms with van der Waals surface area (Å²) in [6.45, 7) is 2.19. The molecule has 4 nitrogen and oxygen atoms in total. The summed E-state index contributed by atoms with van der Waals surface area (Å²) in [5, 5.41) is 0. The van der Waals surface area contributed by atoms with E-state index >= 15 is 0 Å². The first-order valence-corrected chi connectivity index (χ1v) is 5.58. The topological polar surface area (TPSA) is 48.4 Å². The van der Waals surface area contributed by atoms with Gasteiger partial charge in [-0.05, 0) is 25.8 Å². The van der Waals surface area contributed by atoms with Crippen LogP contribution in [0.25, 0.3) is 0 Å². The number of rotatable bonds is 3. The van der Waals surface area contributed by atoms with Crippen LogP contribution < -0.4 is 0 Å². The zero-order valence-electron chi connectivity index (χ0n) is 9.56. The Morgan fingerprint density at radius 1 is 1.59 bits per heavy atom. The van der Waals surface area contributed by atoms with E-state index in [4.69, 9.17) is 9.47 Å². The van der Waals surface area contributed by atoms with Gasteiger partial charge in [-0.3, -0.25) is 4.98 Å². The molecule has 5 heteroatoms. The Hall–Kier alpha value is -1.49. The molecule has 0 spiro atoms. The molecule has 1 fully saturated rings. The molecule has 0 amide bonds. The highest BCUT2D eigenvalue weighted by atomic mass is 19.1. The summed E-state index contributed by atoms with van der Waals surface area (Å²) in [6.07, 6.45) is 4.35. The molecule has 1 aliphatic heterocycles. The molecule has 17 heavy (non-hydrogen) atoms. The Bertz CT molecular complexity index is 410. The van der Waals surface area contributed by atoms with Crippen LogP contribution in [0.3, 0.4) is 0 Å². The lowest BCUT2D eigenvalue weighted by Crippen LogP contribution is -2.19. The second kappa shape index (κ2) is 5.23. The fourth-order valence-electron chi connectivity index (χ4n) is 1.78. The molecule has 0 aliphatic carbocycles. The van der Waals surface area contributed by atoms with Crippen molar-refractivity contribution in [2.24, 2.45) is 0 Å². The van der Waals surface area contributed by atoms with Gasteiger partial charge in [-0.15, -0.1) is 0 Å². The molecule has 2 unspecified atom stereocenters. The number of carbonyl (C=O) groups excluding carboxylic acids is 1. The number of pyridine rings is 1. The van der Waals surface area contributed by atoms with Crippen LogP contribution in [0.5, 0.6) is 0 Å². The van der Waals surface area contributed by atoms with E-state index in [1.165, 1.54) is 6.20 Å². The van der Waals surface area contributed by atoms with Crippen LogP contribution in [-0.4, -0.2) is 29.8 Å². The number of halogens is 1. The van der Waals surface area contributed by atoms with Crippen LogP contribution in [0.2, 0.25) is 0 Å². The average Bonchev–Trinajstić information content (AvgIpc) is 2.72. The van der Waals surface area contributed by atoms with Crippen molar-refractivity contribution < 1.29 is 18.7 Å². The molecule has 2 atom stereocenters. The minimum absolute atomic E-state index is 0.0459. The Labute approximate surface area is 98.8 Å². The summed E-state index contributed by atoms with van der Waals surface area (Å²) >= 11 is 0. The van der Waals surface area contributed by atoms with Crippen LogP contribution in [0.15, 0.2) is 18.5 Å². The lowest BCUT2D eigenvalue weighted by Gasteiger charge is -2.11. The molecule has 0 saturated carbocycles. The monoisotopic (exact) mass is 239 g/mol. The van der Waals surface area contributed by atoms with Crippen molar-refractivity contribution in [3.05, 3.63) is 29.8 Å². The minimum atomic E-state index is -0.569. The number of hydrogen-bond donors (Lipinski definition) is 0. The Kier molecular flexibility index (Phi) is 3.68. The molecular formula is C12H14FNO3. The quantitative estimate of drug-likeness (QED) is 0.756. The van der Waals surface area contributed by atoms with Crippen molar-refractivity contribution in [2.45, 2.75) is 32.0 Å². The van der Waals surface area contributed by atoms with E-state index in [0.717, 1.165) is 25.1 Å². The number of aromatic nitrogens is 1.